The van der Waals surface area contributed by atoms with Gasteiger partial charge in [-0.3, -0.25) is 0 Å². The lowest BCUT2D eigenvalue weighted by Crippen LogP contribution is -2.10. The van der Waals surface area contributed by atoms with Gasteiger partial charge in [0.2, 0.25) is 0 Å². The van der Waals surface area contributed by atoms with Crippen molar-refractivity contribution in [3.63, 3.8) is 0 Å². The van der Waals surface area contributed by atoms with Crippen LogP contribution in [0.3, 0.4) is 0 Å². The van der Waals surface area contributed by atoms with Crippen LogP contribution in [0, 0.1) is 7.05 Å². The molecule has 0 bridgehead atoms. The molecule has 8 heavy (non-hydrogen) atoms. The van der Waals surface area contributed by atoms with Crippen molar-refractivity contribution in [2.75, 3.05) is 20.2 Å². The number of hydrogen-bond acceptors (Lipinski definition) is 2. The molecule has 0 aliphatic carbocycles. The van der Waals surface area contributed by atoms with Gasteiger partial charge in [-0.2, -0.15) is 0 Å². The van der Waals surface area contributed by atoms with Crippen molar-refractivity contribution < 1.29 is 5.11 Å². The van der Waals surface area contributed by atoms with E-state index in [1.165, 1.54) is 0 Å². The van der Waals surface area contributed by atoms with Crippen LogP contribution in [0.25, 0.3) is 0 Å². The summed E-state index contributed by atoms with van der Waals surface area (Å²) < 4.78 is 0. The summed E-state index contributed by atoms with van der Waals surface area (Å²) in [5, 5.41) is 8.34. The first kappa shape index (κ1) is 7.92. The molecule has 0 atom stereocenters. The Hall–Kier alpha value is -0.0800. The highest BCUT2D eigenvalue weighted by Gasteiger charge is 1.87. The van der Waals surface area contributed by atoms with E-state index in [4.69, 9.17) is 5.11 Å². The van der Waals surface area contributed by atoms with Gasteiger partial charge in [0.1, 0.15) is 0 Å². The summed E-state index contributed by atoms with van der Waals surface area (Å²) in [7, 11) is 5.59. The fourth-order valence-electron chi connectivity index (χ4n) is 0.494. The van der Waals surface area contributed by atoms with Crippen molar-refractivity contribution in [3.8, 4) is 0 Å². The molecule has 0 rings (SSSR count). The van der Waals surface area contributed by atoms with E-state index in [9.17, 15) is 0 Å². The first-order valence-electron chi connectivity index (χ1n) is 2.90. The van der Waals surface area contributed by atoms with Crippen LogP contribution in [0.15, 0.2) is 0 Å². The standard InChI is InChI=1S/C6H14NO/c1-7(2)5-3-4-6-8/h8H,1,3-6H2,2H3. The lowest BCUT2D eigenvalue weighted by atomic mass is 10.3. The van der Waals surface area contributed by atoms with Crippen LogP contribution >= 0.6 is 0 Å². The maximum absolute atomic E-state index is 8.34. The molecule has 0 amide bonds. The number of aliphatic hydroxyl groups excluding tert-OH is 1. The Bertz CT molecular complexity index is 45.8. The second-order valence-corrected chi connectivity index (χ2v) is 2.01. The molecule has 0 aromatic rings. The van der Waals surface area contributed by atoms with Gasteiger partial charge in [0.05, 0.1) is 0 Å². The number of aliphatic hydroxyl groups is 1. The normalized spacial score (nSPS) is 10.5. The van der Waals surface area contributed by atoms with E-state index < -0.39 is 0 Å². The van der Waals surface area contributed by atoms with Crippen LogP contribution in [-0.2, 0) is 0 Å². The number of nitrogens with zero attached hydrogens (tertiary/aromatic N) is 1. The molecule has 0 spiro atoms. The molecule has 0 fully saturated rings. The number of rotatable bonds is 4. The molecule has 49 valence electrons. The van der Waals surface area contributed by atoms with E-state index in [1.54, 1.807) is 0 Å². The van der Waals surface area contributed by atoms with Crippen molar-refractivity contribution >= 4 is 0 Å². The Morgan fingerprint density at radius 2 is 2.12 bits per heavy atom. The molecule has 2 heteroatoms. The summed E-state index contributed by atoms with van der Waals surface area (Å²) in [6, 6.07) is 0. The summed E-state index contributed by atoms with van der Waals surface area (Å²) in [5.74, 6) is 0. The first-order chi connectivity index (χ1) is 3.77. The first-order valence-corrected chi connectivity index (χ1v) is 2.90. The van der Waals surface area contributed by atoms with Gasteiger partial charge in [0, 0.05) is 13.7 Å². The molecule has 1 radical (unpaired) electrons. The maximum atomic E-state index is 8.34. The molecule has 0 aliphatic heterocycles. The van der Waals surface area contributed by atoms with Crippen LogP contribution < -0.4 is 0 Å². The lowest BCUT2D eigenvalue weighted by molar-refractivity contribution is 0.276. The van der Waals surface area contributed by atoms with Gasteiger partial charge in [-0.1, -0.05) is 0 Å². The van der Waals surface area contributed by atoms with Crippen molar-refractivity contribution in [2.24, 2.45) is 0 Å². The van der Waals surface area contributed by atoms with E-state index >= 15 is 0 Å². The van der Waals surface area contributed by atoms with E-state index in [0.29, 0.717) is 6.61 Å². The summed E-state index contributed by atoms with van der Waals surface area (Å²) in [6.45, 7) is 1.27. The van der Waals surface area contributed by atoms with Gasteiger partial charge >= 0.3 is 0 Å². The molecule has 0 unspecified atom stereocenters. The minimum atomic E-state index is 0.299. The Labute approximate surface area is 51.1 Å². The molecule has 0 saturated heterocycles. The summed E-state index contributed by atoms with van der Waals surface area (Å²) in [5.41, 5.74) is 0. The van der Waals surface area contributed by atoms with Crippen molar-refractivity contribution in [2.45, 2.75) is 12.8 Å². The second-order valence-electron chi connectivity index (χ2n) is 2.01. The van der Waals surface area contributed by atoms with Gasteiger partial charge in [0.15, 0.2) is 0 Å². The Morgan fingerprint density at radius 1 is 1.50 bits per heavy atom. The monoisotopic (exact) mass is 116 g/mol. The summed E-state index contributed by atoms with van der Waals surface area (Å²) in [4.78, 5) is 1.87. The molecular formula is C6H14NO. The minimum Gasteiger partial charge on any atom is -0.396 e. The van der Waals surface area contributed by atoms with E-state index in [0.717, 1.165) is 19.4 Å². The highest BCUT2D eigenvalue weighted by atomic mass is 16.2. The molecule has 0 aromatic carbocycles. The average Bonchev–Trinajstić information content (AvgIpc) is 1.66. The van der Waals surface area contributed by atoms with E-state index in [2.05, 4.69) is 7.05 Å². The molecular weight excluding hydrogens is 102 g/mol. The van der Waals surface area contributed by atoms with Gasteiger partial charge in [-0.05, 0) is 26.4 Å². The predicted octanol–water partition coefficient (Wildman–Crippen LogP) is 0.482. The zero-order valence-corrected chi connectivity index (χ0v) is 5.43. The van der Waals surface area contributed by atoms with Gasteiger partial charge < -0.3 is 10.0 Å². The molecule has 2 nitrogen and oxygen atoms in total. The third-order valence-electron chi connectivity index (χ3n) is 0.948. The third-order valence-corrected chi connectivity index (χ3v) is 0.948. The smallest absolute Gasteiger partial charge is 0.0431 e. The maximum Gasteiger partial charge on any atom is 0.0431 e. The van der Waals surface area contributed by atoms with Gasteiger partial charge in [-0.25, -0.2) is 0 Å². The van der Waals surface area contributed by atoms with Gasteiger partial charge in [-0.15, -0.1) is 0 Å². The van der Waals surface area contributed by atoms with Crippen LogP contribution in [0.1, 0.15) is 12.8 Å². The van der Waals surface area contributed by atoms with Crippen LogP contribution in [0.2, 0.25) is 0 Å². The van der Waals surface area contributed by atoms with Crippen LogP contribution in [0.4, 0.5) is 0 Å². The Kier molecular flexibility index (Phi) is 5.01. The number of hydrogen-bond donors (Lipinski definition) is 1. The van der Waals surface area contributed by atoms with Gasteiger partial charge in [0.25, 0.3) is 0 Å². The topological polar surface area (TPSA) is 23.5 Å². The van der Waals surface area contributed by atoms with Crippen LogP contribution in [0.5, 0.6) is 0 Å². The van der Waals surface area contributed by atoms with E-state index in [-0.39, 0.29) is 0 Å². The largest absolute Gasteiger partial charge is 0.396 e. The zero-order valence-electron chi connectivity index (χ0n) is 5.43. The summed E-state index contributed by atoms with van der Waals surface area (Å²) >= 11 is 0. The quantitative estimate of drug-likeness (QED) is 0.540. The Balaban J connectivity index is 2.72. The lowest BCUT2D eigenvalue weighted by Gasteiger charge is -2.06. The SMILES string of the molecule is [CH2]N(C)CCCCO. The Morgan fingerprint density at radius 3 is 2.50 bits per heavy atom. The summed E-state index contributed by atoms with van der Waals surface area (Å²) in [6.07, 6.45) is 1.93. The number of unbranched alkanes of at least 4 members (excludes halogenated alkanes) is 1. The highest BCUT2D eigenvalue weighted by Crippen LogP contribution is 1.88. The van der Waals surface area contributed by atoms with E-state index in [1.807, 2.05) is 11.9 Å². The van der Waals surface area contributed by atoms with Crippen molar-refractivity contribution in [3.05, 3.63) is 7.05 Å². The molecule has 0 heterocycles. The fourth-order valence-corrected chi connectivity index (χ4v) is 0.494. The molecule has 0 aromatic heterocycles. The minimum absolute atomic E-state index is 0.299. The second kappa shape index (κ2) is 5.06. The highest BCUT2D eigenvalue weighted by molar-refractivity contribution is 4.46. The van der Waals surface area contributed by atoms with Crippen LogP contribution in [-0.4, -0.2) is 30.2 Å². The molecule has 0 saturated carbocycles. The zero-order chi connectivity index (χ0) is 6.41. The fraction of sp³-hybridized carbons (Fsp3) is 0.833. The molecule has 1 N–H and O–H groups in total. The third kappa shape index (κ3) is 5.92. The van der Waals surface area contributed by atoms with Crippen molar-refractivity contribution in [1.29, 1.82) is 0 Å². The average molecular weight is 116 g/mol. The van der Waals surface area contributed by atoms with Crippen molar-refractivity contribution in [1.82, 2.24) is 4.90 Å². The molecule has 0 aliphatic rings. The predicted molar refractivity (Wildman–Crippen MR) is 34.3 cm³/mol.